The molecule has 5 heteroatoms. The van der Waals surface area contributed by atoms with Gasteiger partial charge in [-0.1, -0.05) is 6.92 Å². The van der Waals surface area contributed by atoms with Crippen molar-refractivity contribution in [2.24, 2.45) is 7.05 Å². The van der Waals surface area contributed by atoms with Gasteiger partial charge in [0.15, 0.2) is 5.75 Å². The van der Waals surface area contributed by atoms with E-state index in [4.69, 9.17) is 0 Å². The van der Waals surface area contributed by atoms with E-state index in [0.717, 1.165) is 21.9 Å². The molecule has 0 aliphatic heterocycles. The van der Waals surface area contributed by atoms with Gasteiger partial charge in [0.05, 0.1) is 11.0 Å². The number of fused-ring (bicyclic) bond motifs is 2. The topological polar surface area (TPSA) is 75.1 Å². The van der Waals surface area contributed by atoms with E-state index >= 15 is 0 Å². The van der Waals surface area contributed by atoms with Gasteiger partial charge in [0.2, 0.25) is 5.56 Å². The van der Waals surface area contributed by atoms with Gasteiger partial charge in [-0.2, -0.15) is 0 Å². The van der Waals surface area contributed by atoms with Gasteiger partial charge in [-0.3, -0.25) is 9.59 Å². The van der Waals surface area contributed by atoms with Crippen molar-refractivity contribution in [3.8, 4) is 5.75 Å². The fraction of sp³-hybridized carbons (Fsp3) is 0.250. The van der Waals surface area contributed by atoms with Crippen LogP contribution in [0.4, 0.5) is 0 Å². The molecule has 0 saturated heterocycles. The van der Waals surface area contributed by atoms with Crippen LogP contribution in [0.25, 0.3) is 21.8 Å². The molecule has 0 saturated carbocycles. The first-order chi connectivity index (χ1) is 9.93. The Kier molecular flexibility index (Phi) is 2.86. The minimum atomic E-state index is -0.272. The molecule has 108 valence electrons. The Hall–Kier alpha value is -2.56. The number of phenolic OH excluding ortho intramolecular Hbond substituents is 1. The zero-order chi connectivity index (χ0) is 15.3. The van der Waals surface area contributed by atoms with Crippen molar-refractivity contribution in [3.05, 3.63) is 50.0 Å². The number of H-pyrrole nitrogens is 1. The van der Waals surface area contributed by atoms with Crippen molar-refractivity contribution in [2.45, 2.75) is 20.3 Å². The molecular weight excluding hydrogens is 268 g/mol. The van der Waals surface area contributed by atoms with Crippen molar-refractivity contribution >= 4 is 21.8 Å². The van der Waals surface area contributed by atoms with Crippen LogP contribution in [-0.4, -0.2) is 14.7 Å². The molecule has 0 aliphatic carbocycles. The summed E-state index contributed by atoms with van der Waals surface area (Å²) >= 11 is 0. The maximum Gasteiger partial charge on any atom is 0.251 e. The minimum Gasteiger partial charge on any atom is -0.504 e. The molecule has 0 amide bonds. The zero-order valence-corrected chi connectivity index (χ0v) is 12.2. The quantitative estimate of drug-likeness (QED) is 0.671. The predicted octanol–water partition coefficient (Wildman–Crippen LogP) is 1.96. The Morgan fingerprint density at radius 3 is 2.57 bits per heavy atom. The lowest BCUT2D eigenvalue weighted by molar-refractivity contribution is 0.483. The summed E-state index contributed by atoms with van der Waals surface area (Å²) in [7, 11) is 1.61. The van der Waals surface area contributed by atoms with Crippen LogP contribution in [0, 0.1) is 6.92 Å². The molecule has 0 fully saturated rings. The molecule has 0 radical (unpaired) electrons. The second-order valence-corrected chi connectivity index (χ2v) is 5.28. The summed E-state index contributed by atoms with van der Waals surface area (Å²) in [5.41, 5.74) is 2.05. The molecule has 0 spiro atoms. The van der Waals surface area contributed by atoms with Crippen LogP contribution >= 0.6 is 0 Å². The summed E-state index contributed by atoms with van der Waals surface area (Å²) in [4.78, 5) is 26.3. The van der Waals surface area contributed by atoms with Gasteiger partial charge in [-0.25, -0.2) is 0 Å². The Labute approximate surface area is 120 Å². The van der Waals surface area contributed by atoms with Crippen molar-refractivity contribution in [1.29, 1.82) is 0 Å². The van der Waals surface area contributed by atoms with Crippen LogP contribution in [-0.2, 0) is 13.5 Å². The first kappa shape index (κ1) is 13.4. The first-order valence-electron chi connectivity index (χ1n) is 6.82. The molecule has 2 aromatic heterocycles. The number of hydrogen-bond donors (Lipinski definition) is 2. The second kappa shape index (κ2) is 4.48. The zero-order valence-electron chi connectivity index (χ0n) is 12.2. The number of nitrogens with one attached hydrogen (secondary N) is 1. The lowest BCUT2D eigenvalue weighted by Gasteiger charge is -2.13. The minimum absolute atomic E-state index is 0.0572. The van der Waals surface area contributed by atoms with Crippen LogP contribution in [0.5, 0.6) is 5.75 Å². The number of rotatable bonds is 1. The molecule has 5 nitrogen and oxygen atoms in total. The summed E-state index contributed by atoms with van der Waals surface area (Å²) in [6.45, 7) is 3.80. The fourth-order valence-corrected chi connectivity index (χ4v) is 2.84. The average molecular weight is 284 g/mol. The predicted molar refractivity (Wildman–Crippen MR) is 83.1 cm³/mol. The Balaban J connectivity index is 2.69. The number of pyridine rings is 2. The van der Waals surface area contributed by atoms with E-state index in [0.29, 0.717) is 17.5 Å². The van der Waals surface area contributed by atoms with Gasteiger partial charge in [-0.15, -0.1) is 0 Å². The highest BCUT2D eigenvalue weighted by molar-refractivity contribution is 6.03. The third kappa shape index (κ3) is 1.85. The van der Waals surface area contributed by atoms with E-state index in [9.17, 15) is 14.7 Å². The number of benzene rings is 1. The molecule has 0 atom stereocenters. The number of nitrogens with zero attached hydrogens (tertiary/aromatic N) is 1. The molecule has 3 rings (SSSR count). The van der Waals surface area contributed by atoms with Crippen LogP contribution in [0.3, 0.4) is 0 Å². The van der Waals surface area contributed by atoms with E-state index in [-0.39, 0.29) is 16.9 Å². The van der Waals surface area contributed by atoms with E-state index in [1.807, 2.05) is 19.9 Å². The molecule has 21 heavy (non-hydrogen) atoms. The Bertz CT molecular complexity index is 996. The molecule has 3 aromatic rings. The van der Waals surface area contributed by atoms with E-state index in [1.54, 1.807) is 13.1 Å². The maximum atomic E-state index is 12.0. The fourth-order valence-electron chi connectivity index (χ4n) is 2.84. The smallest absolute Gasteiger partial charge is 0.251 e. The lowest BCUT2D eigenvalue weighted by Crippen LogP contribution is -2.17. The average Bonchev–Trinajstić information content (AvgIpc) is 2.43. The van der Waals surface area contributed by atoms with Gasteiger partial charge >= 0.3 is 0 Å². The molecule has 2 N–H and O–H groups in total. The largest absolute Gasteiger partial charge is 0.504 e. The third-order valence-electron chi connectivity index (χ3n) is 3.99. The maximum absolute atomic E-state index is 12.0. The Morgan fingerprint density at radius 2 is 1.90 bits per heavy atom. The summed E-state index contributed by atoms with van der Waals surface area (Å²) in [5, 5.41) is 12.2. The summed E-state index contributed by atoms with van der Waals surface area (Å²) in [6, 6.07) is 5.02. The van der Waals surface area contributed by atoms with Crippen molar-refractivity contribution in [3.63, 3.8) is 0 Å². The number of aromatic amines is 1. The first-order valence-corrected chi connectivity index (χ1v) is 6.82. The molecule has 1 aromatic carbocycles. The molecule has 0 bridgehead atoms. The number of phenols is 1. The third-order valence-corrected chi connectivity index (χ3v) is 3.99. The number of hydrogen-bond acceptors (Lipinski definition) is 3. The van der Waals surface area contributed by atoms with E-state index in [1.165, 1.54) is 10.6 Å². The van der Waals surface area contributed by atoms with Crippen LogP contribution in [0.1, 0.15) is 18.1 Å². The highest BCUT2D eigenvalue weighted by Crippen LogP contribution is 2.33. The number of aromatic nitrogens is 2. The standard InChI is InChI=1S/C16H16N2O3/c1-4-9-6-13(20)18(3)15-11(9)7-10-8(2)5-12(19)17-14(10)16(15)21/h5-7,21H,4H2,1-3H3,(H,17,19). The van der Waals surface area contributed by atoms with Gasteiger partial charge in [0.1, 0.15) is 0 Å². The number of aryl methyl sites for hydroxylation is 3. The van der Waals surface area contributed by atoms with Gasteiger partial charge in [0, 0.05) is 30.0 Å². The van der Waals surface area contributed by atoms with Crippen molar-refractivity contribution in [2.75, 3.05) is 0 Å². The molecule has 0 unspecified atom stereocenters. The molecule has 0 aliphatic rings. The number of aromatic hydroxyl groups is 1. The van der Waals surface area contributed by atoms with Crippen LogP contribution in [0.2, 0.25) is 0 Å². The van der Waals surface area contributed by atoms with Crippen LogP contribution in [0.15, 0.2) is 27.8 Å². The van der Waals surface area contributed by atoms with Crippen molar-refractivity contribution in [1.82, 2.24) is 9.55 Å². The highest BCUT2D eigenvalue weighted by atomic mass is 16.3. The van der Waals surface area contributed by atoms with E-state index < -0.39 is 0 Å². The van der Waals surface area contributed by atoms with Gasteiger partial charge in [0.25, 0.3) is 5.56 Å². The Morgan fingerprint density at radius 1 is 1.19 bits per heavy atom. The summed E-state index contributed by atoms with van der Waals surface area (Å²) in [5.74, 6) is -0.0572. The lowest BCUT2D eigenvalue weighted by atomic mass is 10.0. The normalized spacial score (nSPS) is 11.4. The second-order valence-electron chi connectivity index (χ2n) is 5.28. The molecular formula is C16H16N2O3. The van der Waals surface area contributed by atoms with Gasteiger partial charge < -0.3 is 14.7 Å². The van der Waals surface area contributed by atoms with Crippen molar-refractivity contribution < 1.29 is 5.11 Å². The summed E-state index contributed by atoms with van der Waals surface area (Å²) in [6.07, 6.45) is 0.694. The summed E-state index contributed by atoms with van der Waals surface area (Å²) < 4.78 is 1.41. The van der Waals surface area contributed by atoms with E-state index in [2.05, 4.69) is 4.98 Å². The SMILES string of the molecule is CCc1cc(=O)n(C)c2c(O)c3[nH]c(=O)cc(C)c3cc12. The molecule has 2 heterocycles. The van der Waals surface area contributed by atoms with Gasteiger partial charge in [-0.05, 0) is 30.5 Å². The van der Waals surface area contributed by atoms with Crippen LogP contribution < -0.4 is 11.1 Å². The monoisotopic (exact) mass is 284 g/mol. The highest BCUT2D eigenvalue weighted by Gasteiger charge is 2.15.